The van der Waals surface area contributed by atoms with Gasteiger partial charge in [0.15, 0.2) is 0 Å². The maximum Gasteiger partial charge on any atom is 0.246 e. The van der Waals surface area contributed by atoms with E-state index in [2.05, 4.69) is 13.8 Å². The highest BCUT2D eigenvalue weighted by molar-refractivity contribution is 8.41. The van der Waals surface area contributed by atoms with Gasteiger partial charge in [0.1, 0.15) is 0 Å². The average Bonchev–Trinajstić information content (AvgIpc) is 1.85. The van der Waals surface area contributed by atoms with Crippen molar-refractivity contribution in [2.75, 3.05) is 0 Å². The first-order valence-electron chi connectivity index (χ1n) is 2.57. The summed E-state index contributed by atoms with van der Waals surface area (Å²) in [6.07, 6.45) is 0. The molecule has 0 aliphatic carbocycles. The fourth-order valence-electron chi connectivity index (χ4n) is 0.523. The summed E-state index contributed by atoms with van der Waals surface area (Å²) in [5.41, 5.74) is 0. The first-order chi connectivity index (χ1) is 3.70. The Hall–Kier alpha value is 0.370. The highest BCUT2D eigenvalue weighted by atomic mass is 32.2. The zero-order valence-corrected chi connectivity index (χ0v) is 6.51. The van der Waals surface area contributed by atoms with Crippen LogP contribution in [-0.2, 0) is 0 Å². The molecule has 0 spiro atoms. The van der Waals surface area contributed by atoms with E-state index < -0.39 is 0 Å². The SMILES string of the molecule is C[C@@H]1SC(=O)S[C@@H]1C. The first-order valence-corrected chi connectivity index (χ1v) is 4.33. The lowest BCUT2D eigenvalue weighted by molar-refractivity contribution is 0.277. The molecule has 2 atom stereocenters. The molecule has 0 saturated carbocycles. The van der Waals surface area contributed by atoms with Crippen molar-refractivity contribution in [3.8, 4) is 0 Å². The predicted octanol–water partition coefficient (Wildman–Crippen LogP) is 2.36. The Balaban J connectivity index is 2.51. The Bertz CT molecular complexity index is 101. The van der Waals surface area contributed by atoms with Gasteiger partial charge < -0.3 is 0 Å². The van der Waals surface area contributed by atoms with Gasteiger partial charge in [-0.05, 0) is 0 Å². The van der Waals surface area contributed by atoms with Crippen LogP contribution in [0.4, 0.5) is 4.79 Å². The molecular weight excluding hydrogens is 140 g/mol. The maximum atomic E-state index is 10.6. The molecule has 1 nitrogen and oxygen atoms in total. The van der Waals surface area contributed by atoms with Crippen molar-refractivity contribution in [3.63, 3.8) is 0 Å². The Labute approximate surface area is 57.6 Å². The minimum absolute atomic E-state index is 0.282. The molecule has 46 valence electrons. The van der Waals surface area contributed by atoms with Crippen LogP contribution in [0.5, 0.6) is 0 Å². The average molecular weight is 148 g/mol. The van der Waals surface area contributed by atoms with Crippen molar-refractivity contribution in [1.29, 1.82) is 0 Å². The summed E-state index contributed by atoms with van der Waals surface area (Å²) < 4.78 is 0.282. The third-order valence-corrected chi connectivity index (χ3v) is 3.92. The number of rotatable bonds is 0. The third kappa shape index (κ3) is 1.20. The molecule has 1 aliphatic heterocycles. The van der Waals surface area contributed by atoms with Gasteiger partial charge in [0.25, 0.3) is 0 Å². The zero-order valence-electron chi connectivity index (χ0n) is 4.88. The summed E-state index contributed by atoms with van der Waals surface area (Å²) >= 11 is 2.91. The second-order valence-corrected chi connectivity index (χ2v) is 4.85. The van der Waals surface area contributed by atoms with E-state index in [1.165, 1.54) is 23.5 Å². The molecule has 1 saturated heterocycles. The molecule has 1 heterocycles. The van der Waals surface area contributed by atoms with Crippen LogP contribution in [0, 0.1) is 0 Å². The summed E-state index contributed by atoms with van der Waals surface area (Å²) in [4.78, 5) is 10.6. The summed E-state index contributed by atoms with van der Waals surface area (Å²) in [5.74, 6) is 0. The third-order valence-electron chi connectivity index (χ3n) is 1.23. The number of hydrogen-bond donors (Lipinski definition) is 0. The molecule has 1 rings (SSSR count). The quantitative estimate of drug-likeness (QED) is 0.525. The number of thioether (sulfide) groups is 2. The Kier molecular flexibility index (Phi) is 1.88. The number of hydrogen-bond acceptors (Lipinski definition) is 3. The van der Waals surface area contributed by atoms with Crippen LogP contribution in [0.25, 0.3) is 0 Å². The van der Waals surface area contributed by atoms with Gasteiger partial charge in [0.05, 0.1) is 0 Å². The van der Waals surface area contributed by atoms with Crippen LogP contribution in [-0.4, -0.2) is 14.9 Å². The van der Waals surface area contributed by atoms with Gasteiger partial charge in [0, 0.05) is 10.5 Å². The van der Waals surface area contributed by atoms with Gasteiger partial charge in [-0.2, -0.15) is 0 Å². The zero-order chi connectivity index (χ0) is 6.15. The molecule has 0 radical (unpaired) electrons. The summed E-state index contributed by atoms with van der Waals surface area (Å²) in [6.45, 7) is 4.18. The van der Waals surface area contributed by atoms with Crippen molar-refractivity contribution in [1.82, 2.24) is 0 Å². The van der Waals surface area contributed by atoms with Crippen LogP contribution in [0.2, 0.25) is 0 Å². The van der Waals surface area contributed by atoms with E-state index >= 15 is 0 Å². The molecule has 0 aromatic carbocycles. The minimum Gasteiger partial charge on any atom is -0.274 e. The van der Waals surface area contributed by atoms with Crippen LogP contribution in [0.1, 0.15) is 13.8 Å². The van der Waals surface area contributed by atoms with Crippen LogP contribution in [0.15, 0.2) is 0 Å². The summed E-state index contributed by atoms with van der Waals surface area (Å²) in [7, 11) is 0. The summed E-state index contributed by atoms with van der Waals surface area (Å²) in [5, 5.41) is 1.04. The van der Waals surface area contributed by atoms with Gasteiger partial charge in [-0.15, -0.1) is 0 Å². The van der Waals surface area contributed by atoms with Crippen LogP contribution in [0.3, 0.4) is 0 Å². The Morgan fingerprint density at radius 3 is 1.75 bits per heavy atom. The van der Waals surface area contributed by atoms with Crippen LogP contribution >= 0.6 is 23.5 Å². The van der Waals surface area contributed by atoms with Crippen molar-refractivity contribution in [2.45, 2.75) is 24.3 Å². The lowest BCUT2D eigenvalue weighted by Gasteiger charge is -2.01. The van der Waals surface area contributed by atoms with E-state index in [0.717, 1.165) is 0 Å². The largest absolute Gasteiger partial charge is 0.274 e. The molecule has 0 bridgehead atoms. The second kappa shape index (κ2) is 2.31. The molecule has 1 aliphatic rings. The molecule has 8 heavy (non-hydrogen) atoms. The highest BCUT2D eigenvalue weighted by Gasteiger charge is 2.27. The van der Waals surface area contributed by atoms with Crippen molar-refractivity contribution < 1.29 is 4.79 Å². The summed E-state index contributed by atoms with van der Waals surface area (Å²) in [6, 6.07) is 0. The molecular formula is C5H8OS2. The predicted molar refractivity (Wildman–Crippen MR) is 39.5 cm³/mol. The van der Waals surface area contributed by atoms with Gasteiger partial charge >= 0.3 is 0 Å². The van der Waals surface area contributed by atoms with Gasteiger partial charge in [-0.1, -0.05) is 37.4 Å². The topological polar surface area (TPSA) is 17.1 Å². The molecule has 0 amide bonds. The Morgan fingerprint density at radius 2 is 1.62 bits per heavy atom. The van der Waals surface area contributed by atoms with Crippen molar-refractivity contribution in [3.05, 3.63) is 0 Å². The van der Waals surface area contributed by atoms with E-state index in [1.807, 2.05) is 0 Å². The van der Waals surface area contributed by atoms with E-state index in [1.54, 1.807) is 0 Å². The lowest BCUT2D eigenvalue weighted by Crippen LogP contribution is -2.04. The van der Waals surface area contributed by atoms with Crippen molar-refractivity contribution >= 4 is 28.0 Å². The van der Waals surface area contributed by atoms with E-state index in [9.17, 15) is 4.79 Å². The number of carbonyl (C=O) groups is 1. The molecule has 0 unspecified atom stereocenters. The molecule has 0 aromatic rings. The molecule has 0 aromatic heterocycles. The van der Waals surface area contributed by atoms with E-state index in [-0.39, 0.29) is 4.45 Å². The fourth-order valence-corrected chi connectivity index (χ4v) is 2.98. The second-order valence-electron chi connectivity index (χ2n) is 1.90. The molecule has 0 N–H and O–H groups in total. The molecule has 3 heteroatoms. The standard InChI is InChI=1S/C5H8OS2/c1-3-4(2)8-5(6)7-3/h3-4H,1-2H3/t3-,4+. The molecule has 1 fully saturated rings. The minimum atomic E-state index is 0.282. The lowest BCUT2D eigenvalue weighted by atomic mass is 10.4. The van der Waals surface area contributed by atoms with E-state index in [4.69, 9.17) is 0 Å². The maximum absolute atomic E-state index is 10.6. The Morgan fingerprint density at radius 1 is 1.25 bits per heavy atom. The fraction of sp³-hybridized carbons (Fsp3) is 0.800. The van der Waals surface area contributed by atoms with Gasteiger partial charge in [-0.3, -0.25) is 4.79 Å². The monoisotopic (exact) mass is 148 g/mol. The normalized spacial score (nSPS) is 38.5. The number of carbonyl (C=O) groups excluding carboxylic acids is 1. The highest BCUT2D eigenvalue weighted by Crippen LogP contribution is 2.38. The van der Waals surface area contributed by atoms with Crippen molar-refractivity contribution in [2.24, 2.45) is 0 Å². The smallest absolute Gasteiger partial charge is 0.246 e. The first kappa shape index (κ1) is 6.49. The van der Waals surface area contributed by atoms with E-state index in [0.29, 0.717) is 10.5 Å². The van der Waals surface area contributed by atoms with Gasteiger partial charge in [0.2, 0.25) is 4.45 Å². The van der Waals surface area contributed by atoms with Gasteiger partial charge in [-0.25, -0.2) is 0 Å². The van der Waals surface area contributed by atoms with Crippen LogP contribution < -0.4 is 0 Å².